The van der Waals surface area contributed by atoms with E-state index < -0.39 is 0 Å². The number of anilines is 2. The van der Waals surface area contributed by atoms with Crippen molar-refractivity contribution in [3.63, 3.8) is 0 Å². The lowest BCUT2D eigenvalue weighted by atomic mass is 9.93. The lowest BCUT2D eigenvalue weighted by Gasteiger charge is -2.31. The van der Waals surface area contributed by atoms with Gasteiger partial charge in [0.15, 0.2) is 0 Å². The molecule has 0 saturated heterocycles. The van der Waals surface area contributed by atoms with Crippen LogP contribution in [0.2, 0.25) is 5.02 Å². The molecule has 0 spiro atoms. The largest absolute Gasteiger partial charge is 0.494 e. The number of ether oxygens (including phenoxy) is 1. The number of hydrogen-bond acceptors (Lipinski definition) is 5. The number of rotatable bonds is 4. The quantitative estimate of drug-likeness (QED) is 0.725. The van der Waals surface area contributed by atoms with Crippen LogP contribution in [-0.4, -0.2) is 21.4 Å². The Morgan fingerprint density at radius 3 is 2.54 bits per heavy atom. The molecule has 1 aliphatic rings. The van der Waals surface area contributed by atoms with Crippen LogP contribution in [0.5, 0.6) is 5.75 Å². The van der Waals surface area contributed by atoms with Crippen LogP contribution in [0.3, 0.4) is 0 Å². The fourth-order valence-corrected chi connectivity index (χ4v) is 3.46. The molecule has 2 aromatic carbocycles. The van der Waals surface area contributed by atoms with Crippen molar-refractivity contribution in [3.8, 4) is 5.75 Å². The molecule has 0 aliphatic carbocycles. The maximum Gasteiger partial charge on any atom is 0.241 e. The van der Waals surface area contributed by atoms with Crippen LogP contribution in [0.4, 0.5) is 11.9 Å². The number of nitrogens with zero attached hydrogens (tertiary/aromatic N) is 3. The average molecular weight is 370 g/mol. The van der Waals surface area contributed by atoms with Crippen LogP contribution in [0, 0.1) is 0 Å². The normalized spacial score (nSPS) is 18.8. The molecule has 26 heavy (non-hydrogen) atoms. The van der Waals surface area contributed by atoms with E-state index in [9.17, 15) is 0 Å². The number of aromatic nitrogens is 3. The molecular formula is C19H20ClN5O. The van der Waals surface area contributed by atoms with Crippen LogP contribution in [0.1, 0.15) is 36.6 Å². The Bertz CT molecular complexity index is 891. The van der Waals surface area contributed by atoms with Gasteiger partial charge >= 0.3 is 0 Å². The molecule has 3 aromatic rings. The topological polar surface area (TPSA) is 78.0 Å². The molecule has 134 valence electrons. The fourth-order valence-electron chi connectivity index (χ4n) is 3.34. The van der Waals surface area contributed by atoms with Crippen molar-refractivity contribution in [2.24, 2.45) is 0 Å². The Labute approximate surface area is 156 Å². The van der Waals surface area contributed by atoms with E-state index in [1.165, 1.54) is 0 Å². The molecule has 0 unspecified atom stereocenters. The van der Waals surface area contributed by atoms with Crippen molar-refractivity contribution in [3.05, 3.63) is 64.7 Å². The first-order chi connectivity index (χ1) is 12.6. The summed E-state index contributed by atoms with van der Waals surface area (Å²) in [7, 11) is 0. The van der Waals surface area contributed by atoms with Gasteiger partial charge in [0, 0.05) is 5.02 Å². The predicted molar refractivity (Wildman–Crippen MR) is 103 cm³/mol. The van der Waals surface area contributed by atoms with Crippen LogP contribution in [-0.2, 0) is 0 Å². The Kier molecular flexibility index (Phi) is 4.42. The fraction of sp³-hybridized carbons (Fsp3) is 0.263. The first-order valence-electron chi connectivity index (χ1n) is 8.61. The summed E-state index contributed by atoms with van der Waals surface area (Å²) in [5.41, 5.74) is 8.14. The second-order valence-corrected chi connectivity index (χ2v) is 6.68. The molecule has 4 rings (SSSR count). The third-order valence-electron chi connectivity index (χ3n) is 4.55. The van der Waals surface area contributed by atoms with Crippen molar-refractivity contribution >= 4 is 23.5 Å². The Morgan fingerprint density at radius 1 is 1.15 bits per heavy atom. The van der Waals surface area contributed by atoms with E-state index >= 15 is 0 Å². The highest BCUT2D eigenvalue weighted by molar-refractivity contribution is 6.30. The third-order valence-corrected chi connectivity index (χ3v) is 4.81. The molecule has 7 heteroatoms. The second kappa shape index (κ2) is 6.88. The summed E-state index contributed by atoms with van der Waals surface area (Å²) < 4.78 is 7.40. The molecule has 2 heterocycles. The summed E-state index contributed by atoms with van der Waals surface area (Å²) in [6.45, 7) is 2.62. The number of hydrogen-bond donors (Lipinski definition) is 2. The number of fused-ring (bicyclic) bond motifs is 1. The van der Waals surface area contributed by atoms with Crippen LogP contribution < -0.4 is 15.8 Å². The van der Waals surface area contributed by atoms with E-state index in [2.05, 4.69) is 27.5 Å². The van der Waals surface area contributed by atoms with Gasteiger partial charge in [-0.25, -0.2) is 4.68 Å². The van der Waals surface area contributed by atoms with Gasteiger partial charge in [-0.05, 0) is 48.7 Å². The molecule has 2 atom stereocenters. The van der Waals surface area contributed by atoms with Crippen molar-refractivity contribution < 1.29 is 4.74 Å². The molecular weight excluding hydrogens is 350 g/mol. The summed E-state index contributed by atoms with van der Waals surface area (Å²) in [6.07, 6.45) is 0.825. The van der Waals surface area contributed by atoms with Gasteiger partial charge in [0.2, 0.25) is 11.9 Å². The molecule has 0 fully saturated rings. The van der Waals surface area contributed by atoms with Gasteiger partial charge in [-0.2, -0.15) is 4.98 Å². The van der Waals surface area contributed by atoms with E-state index in [1.54, 1.807) is 0 Å². The minimum atomic E-state index is 0.0346. The maximum atomic E-state index is 6.02. The van der Waals surface area contributed by atoms with Crippen LogP contribution in [0.25, 0.3) is 0 Å². The van der Waals surface area contributed by atoms with Crippen molar-refractivity contribution in [1.29, 1.82) is 0 Å². The van der Waals surface area contributed by atoms with Gasteiger partial charge in [-0.3, -0.25) is 0 Å². The van der Waals surface area contributed by atoms with Crippen LogP contribution in [0.15, 0.2) is 48.5 Å². The van der Waals surface area contributed by atoms with Gasteiger partial charge in [0.1, 0.15) is 5.75 Å². The molecule has 0 bridgehead atoms. The molecule has 1 aliphatic heterocycles. The van der Waals surface area contributed by atoms with Gasteiger partial charge in [-0.1, -0.05) is 35.9 Å². The Hall–Kier alpha value is -2.73. The van der Waals surface area contributed by atoms with E-state index in [1.807, 2.05) is 48.0 Å². The van der Waals surface area contributed by atoms with Crippen LogP contribution >= 0.6 is 11.6 Å². The first kappa shape index (κ1) is 16.7. The zero-order chi connectivity index (χ0) is 18.1. The smallest absolute Gasteiger partial charge is 0.241 e. The molecule has 0 saturated carbocycles. The summed E-state index contributed by atoms with van der Waals surface area (Å²) in [4.78, 5) is 4.34. The minimum absolute atomic E-state index is 0.0346. The second-order valence-electron chi connectivity index (χ2n) is 6.24. The average Bonchev–Trinajstić information content (AvgIpc) is 3.02. The lowest BCUT2D eigenvalue weighted by molar-refractivity contribution is 0.340. The molecule has 6 nitrogen and oxygen atoms in total. The molecule has 1 aromatic heterocycles. The van der Waals surface area contributed by atoms with Crippen molar-refractivity contribution in [2.45, 2.75) is 25.4 Å². The standard InChI is InChI=1S/C19H20ClN5O/c1-2-26-15-9-5-13(6-10-15)17-11-16(12-3-7-14(20)8-4-12)22-19-23-18(21)24-25(17)19/h3-10,16-17H,2,11H2,1H3,(H3,21,22,23,24)/t16-,17+/m0/s1. The zero-order valence-electron chi connectivity index (χ0n) is 14.4. The van der Waals surface area contributed by atoms with Gasteiger partial charge in [0.25, 0.3) is 0 Å². The zero-order valence-corrected chi connectivity index (χ0v) is 15.1. The highest BCUT2D eigenvalue weighted by Gasteiger charge is 2.30. The monoisotopic (exact) mass is 369 g/mol. The van der Waals surface area contributed by atoms with E-state index in [-0.39, 0.29) is 18.0 Å². The molecule has 0 amide bonds. The van der Waals surface area contributed by atoms with E-state index in [0.717, 1.165) is 28.3 Å². The lowest BCUT2D eigenvalue weighted by Crippen LogP contribution is -2.28. The Morgan fingerprint density at radius 2 is 1.85 bits per heavy atom. The summed E-state index contributed by atoms with van der Waals surface area (Å²) in [5, 5.41) is 8.53. The number of benzene rings is 2. The van der Waals surface area contributed by atoms with Crippen molar-refractivity contribution in [1.82, 2.24) is 14.8 Å². The van der Waals surface area contributed by atoms with Crippen molar-refractivity contribution in [2.75, 3.05) is 17.7 Å². The number of nitrogens with two attached hydrogens (primary N) is 1. The minimum Gasteiger partial charge on any atom is -0.494 e. The van der Waals surface area contributed by atoms with Gasteiger partial charge in [0.05, 0.1) is 18.7 Å². The van der Waals surface area contributed by atoms with Gasteiger partial charge < -0.3 is 15.8 Å². The summed E-state index contributed by atoms with van der Waals surface area (Å²) in [5.74, 6) is 1.80. The SMILES string of the molecule is CCOc1ccc([C@H]2C[C@@H](c3ccc(Cl)cc3)Nc3nc(N)nn32)cc1. The number of nitrogens with one attached hydrogen (secondary N) is 1. The third kappa shape index (κ3) is 3.20. The highest BCUT2D eigenvalue weighted by Crippen LogP contribution is 2.38. The Balaban J connectivity index is 1.69. The predicted octanol–water partition coefficient (Wildman–Crippen LogP) is 4.06. The molecule has 3 N–H and O–H groups in total. The van der Waals surface area contributed by atoms with E-state index in [4.69, 9.17) is 22.1 Å². The summed E-state index contributed by atoms with van der Waals surface area (Å²) in [6, 6.07) is 16.1. The summed E-state index contributed by atoms with van der Waals surface area (Å²) >= 11 is 6.02. The van der Waals surface area contributed by atoms with E-state index in [0.29, 0.717) is 12.6 Å². The number of halogens is 1. The maximum absolute atomic E-state index is 6.02. The highest BCUT2D eigenvalue weighted by atomic mass is 35.5. The molecule has 0 radical (unpaired) electrons. The number of nitrogen functional groups attached to an aromatic ring is 1. The first-order valence-corrected chi connectivity index (χ1v) is 8.98. The van der Waals surface area contributed by atoms with Gasteiger partial charge in [-0.15, -0.1) is 5.10 Å².